The Bertz CT molecular complexity index is 1330. The molecule has 3 heterocycles. The number of nitrogens with zero attached hydrogens (tertiary/aromatic N) is 2. The lowest BCUT2D eigenvalue weighted by Crippen LogP contribution is -2.24. The molecule has 0 spiro atoms. The number of hydrogen-bond donors (Lipinski definition) is 1. The van der Waals surface area contributed by atoms with Gasteiger partial charge in [0.25, 0.3) is 0 Å². The molecule has 2 aromatic heterocycles. The molecule has 0 saturated heterocycles. The van der Waals surface area contributed by atoms with Crippen LogP contribution in [0, 0.1) is 0 Å². The number of rotatable bonds is 6. The largest absolute Gasteiger partial charge is 0.497 e. The van der Waals surface area contributed by atoms with E-state index in [0.717, 1.165) is 46.7 Å². The van der Waals surface area contributed by atoms with E-state index in [1.54, 1.807) is 7.11 Å². The van der Waals surface area contributed by atoms with Crippen LogP contribution in [0.5, 0.6) is 5.75 Å². The Kier molecular flexibility index (Phi) is 6.13. The van der Waals surface area contributed by atoms with E-state index in [1.807, 2.05) is 18.2 Å². The van der Waals surface area contributed by atoms with Gasteiger partial charge in [-0.05, 0) is 66.8 Å². The molecule has 0 aliphatic carbocycles. The molecule has 6 heteroatoms. The van der Waals surface area contributed by atoms with Crippen LogP contribution in [-0.2, 0) is 13.0 Å². The van der Waals surface area contributed by atoms with Gasteiger partial charge in [0, 0.05) is 34.9 Å². The number of thiocarbonyl (C=S) groups is 1. The van der Waals surface area contributed by atoms with Gasteiger partial charge in [-0.1, -0.05) is 46.4 Å². The molecule has 0 bridgehead atoms. The lowest BCUT2D eigenvalue weighted by Gasteiger charge is -2.11. The maximum Gasteiger partial charge on any atom is 0.124 e. The highest BCUT2D eigenvalue weighted by molar-refractivity contribution is 9.10. The summed E-state index contributed by atoms with van der Waals surface area (Å²) in [6, 6.07) is 16.9. The fraction of sp³-hybridized carbons (Fsp3) is 0.222. The lowest BCUT2D eigenvalue weighted by molar-refractivity contribution is 0.415. The smallest absolute Gasteiger partial charge is 0.124 e. The van der Waals surface area contributed by atoms with E-state index in [9.17, 15) is 0 Å². The normalized spacial score (nSPS) is 13.0. The Labute approximate surface area is 208 Å². The average molecular weight is 520 g/mol. The van der Waals surface area contributed by atoms with Crippen LogP contribution >= 0.6 is 28.1 Å². The Hall–Kier alpha value is -2.83. The predicted molar refractivity (Wildman–Crippen MR) is 143 cm³/mol. The molecule has 1 N–H and O–H groups in total. The number of aromatic nitrogens is 2. The minimum atomic E-state index is 0.632. The molecule has 168 valence electrons. The summed E-state index contributed by atoms with van der Waals surface area (Å²) in [5.74, 6) is 0.863. The average Bonchev–Trinajstić information content (AvgIpc) is 3.26. The highest BCUT2D eigenvalue weighted by Gasteiger charge is 2.28. The molecule has 0 unspecified atom stereocenters. The molecule has 0 fully saturated rings. The molecule has 0 radical (unpaired) electrons. The number of ether oxygens (including phenoxy) is 1. The minimum absolute atomic E-state index is 0.632. The highest BCUT2D eigenvalue weighted by atomic mass is 79.9. The van der Waals surface area contributed by atoms with Crippen LogP contribution in [0.1, 0.15) is 24.1 Å². The minimum Gasteiger partial charge on any atom is -0.497 e. The van der Waals surface area contributed by atoms with Gasteiger partial charge in [-0.15, -0.1) is 6.58 Å². The maximum absolute atomic E-state index is 5.93. The third-order valence-corrected chi connectivity index (χ3v) is 7.14. The SMILES string of the molecule is C=CCNC(=S)c1c(-c2ccc(Br)cc2)c2c3n(c(-c4ccc(OC)cc4)cn13)CCCC2. The van der Waals surface area contributed by atoms with Gasteiger partial charge in [0.1, 0.15) is 16.4 Å². The predicted octanol–water partition coefficient (Wildman–Crippen LogP) is 6.63. The molecule has 0 amide bonds. The van der Waals surface area contributed by atoms with Gasteiger partial charge in [-0.2, -0.15) is 0 Å². The van der Waals surface area contributed by atoms with E-state index in [4.69, 9.17) is 17.0 Å². The van der Waals surface area contributed by atoms with E-state index in [1.165, 1.54) is 33.6 Å². The molecule has 4 aromatic rings. The van der Waals surface area contributed by atoms with Gasteiger partial charge in [0.05, 0.1) is 18.5 Å². The van der Waals surface area contributed by atoms with Gasteiger partial charge < -0.3 is 14.6 Å². The molecule has 0 atom stereocenters. The zero-order valence-electron chi connectivity index (χ0n) is 18.6. The third kappa shape index (κ3) is 3.91. The summed E-state index contributed by atoms with van der Waals surface area (Å²) in [7, 11) is 1.70. The summed E-state index contributed by atoms with van der Waals surface area (Å²) in [6.07, 6.45) is 7.42. The fourth-order valence-electron chi connectivity index (χ4n) is 4.78. The second kappa shape index (κ2) is 9.20. The van der Waals surface area contributed by atoms with Crippen molar-refractivity contribution in [3.05, 3.63) is 83.1 Å². The maximum atomic E-state index is 5.93. The van der Waals surface area contributed by atoms with E-state index in [0.29, 0.717) is 6.54 Å². The summed E-state index contributed by atoms with van der Waals surface area (Å²) in [6.45, 7) is 5.47. The van der Waals surface area contributed by atoms with E-state index in [-0.39, 0.29) is 0 Å². The standard InChI is InChI=1S/C27H26BrN3OS/c1-3-15-29-26(33)25-24(19-7-11-20(28)12-8-19)22-6-4-5-16-30-23(17-31(25)27(22)30)18-9-13-21(32-2)14-10-18/h3,7-14,17H,1,4-6,15-16H2,2H3,(H,29,33). The van der Waals surface area contributed by atoms with E-state index in [2.05, 4.69) is 79.4 Å². The van der Waals surface area contributed by atoms with Gasteiger partial charge in [0.2, 0.25) is 0 Å². The first-order valence-corrected chi connectivity index (χ1v) is 12.4. The molecule has 33 heavy (non-hydrogen) atoms. The molecule has 4 nitrogen and oxygen atoms in total. The Balaban J connectivity index is 1.78. The van der Waals surface area contributed by atoms with Crippen molar-refractivity contribution in [2.24, 2.45) is 0 Å². The number of nitrogens with one attached hydrogen (secondary N) is 1. The second-order valence-corrected chi connectivity index (χ2v) is 9.58. The molecule has 5 rings (SSSR count). The third-order valence-electron chi connectivity index (χ3n) is 6.27. The molecule has 1 aliphatic heterocycles. The monoisotopic (exact) mass is 519 g/mol. The lowest BCUT2D eigenvalue weighted by atomic mass is 9.98. The van der Waals surface area contributed by atoms with Crippen LogP contribution in [0.2, 0.25) is 0 Å². The first-order valence-electron chi connectivity index (χ1n) is 11.2. The van der Waals surface area contributed by atoms with Crippen molar-refractivity contribution in [3.63, 3.8) is 0 Å². The molecular weight excluding hydrogens is 494 g/mol. The summed E-state index contributed by atoms with van der Waals surface area (Å²) < 4.78 is 11.2. The number of benzene rings is 2. The Morgan fingerprint density at radius 1 is 1.12 bits per heavy atom. The van der Waals surface area contributed by atoms with Crippen LogP contribution in [-0.4, -0.2) is 27.6 Å². The number of halogens is 1. The summed E-state index contributed by atoms with van der Waals surface area (Å²) >= 11 is 9.51. The van der Waals surface area contributed by atoms with Gasteiger partial charge in [0.15, 0.2) is 0 Å². The first kappa shape index (κ1) is 22.0. The number of methoxy groups -OCH3 is 1. The van der Waals surface area contributed by atoms with E-state index >= 15 is 0 Å². The summed E-state index contributed by atoms with van der Waals surface area (Å²) in [5.41, 5.74) is 8.46. The second-order valence-electron chi connectivity index (χ2n) is 8.25. The number of hydrogen-bond acceptors (Lipinski definition) is 2. The van der Waals surface area contributed by atoms with Crippen LogP contribution in [0.3, 0.4) is 0 Å². The Morgan fingerprint density at radius 2 is 1.85 bits per heavy atom. The molecule has 1 aliphatic rings. The highest BCUT2D eigenvalue weighted by Crippen LogP contribution is 2.40. The molecule has 2 aromatic carbocycles. The van der Waals surface area contributed by atoms with Crippen LogP contribution in [0.4, 0.5) is 0 Å². The van der Waals surface area contributed by atoms with Crippen LogP contribution in [0.25, 0.3) is 28.0 Å². The van der Waals surface area contributed by atoms with Crippen molar-refractivity contribution in [2.45, 2.75) is 25.8 Å². The quantitative estimate of drug-likeness (QED) is 0.229. The molecule has 0 saturated carbocycles. The number of imidazole rings is 1. The van der Waals surface area contributed by atoms with Crippen LogP contribution < -0.4 is 10.1 Å². The Morgan fingerprint density at radius 3 is 2.55 bits per heavy atom. The van der Waals surface area contributed by atoms with Crippen molar-refractivity contribution in [1.29, 1.82) is 0 Å². The van der Waals surface area contributed by atoms with Crippen molar-refractivity contribution in [2.75, 3.05) is 13.7 Å². The van der Waals surface area contributed by atoms with Crippen molar-refractivity contribution in [1.82, 2.24) is 14.3 Å². The molecular formula is C27H26BrN3OS. The fourth-order valence-corrected chi connectivity index (χ4v) is 5.33. The summed E-state index contributed by atoms with van der Waals surface area (Å²) in [5, 5.41) is 3.38. The van der Waals surface area contributed by atoms with Gasteiger partial charge in [-0.3, -0.25) is 4.40 Å². The van der Waals surface area contributed by atoms with Gasteiger partial charge >= 0.3 is 0 Å². The first-order chi connectivity index (χ1) is 16.1. The van der Waals surface area contributed by atoms with Crippen LogP contribution in [0.15, 0.2) is 71.9 Å². The summed E-state index contributed by atoms with van der Waals surface area (Å²) in [4.78, 5) is 0.744. The zero-order valence-corrected chi connectivity index (χ0v) is 21.0. The van der Waals surface area contributed by atoms with Gasteiger partial charge in [-0.25, -0.2) is 0 Å². The van der Waals surface area contributed by atoms with Crippen molar-refractivity contribution in [3.8, 4) is 28.1 Å². The number of aryl methyl sites for hydroxylation is 2. The topological polar surface area (TPSA) is 30.6 Å². The van der Waals surface area contributed by atoms with E-state index < -0.39 is 0 Å². The zero-order chi connectivity index (χ0) is 22.9. The van der Waals surface area contributed by atoms with Crippen molar-refractivity contribution >= 4 is 38.8 Å². The van der Waals surface area contributed by atoms with Crippen molar-refractivity contribution < 1.29 is 4.74 Å².